The Bertz CT molecular complexity index is 1490. The molecule has 3 aromatic rings. The quantitative estimate of drug-likeness (QED) is 0.238. The highest BCUT2D eigenvalue weighted by atomic mass is 35.5. The number of amides is 2. The average Bonchev–Trinajstić information content (AvgIpc) is 2.98. The summed E-state index contributed by atoms with van der Waals surface area (Å²) in [6, 6.07) is 17.9. The molecule has 0 aliphatic carbocycles. The molecule has 1 N–H and O–H groups in total. The number of alkyl halides is 3. The van der Waals surface area contributed by atoms with E-state index in [-0.39, 0.29) is 23.9 Å². The van der Waals surface area contributed by atoms with Crippen LogP contribution in [-0.4, -0.2) is 50.3 Å². The fourth-order valence-corrected chi connectivity index (χ4v) is 6.12. The van der Waals surface area contributed by atoms with Crippen molar-refractivity contribution in [3.8, 4) is 0 Å². The molecular formula is C31H35ClF3N3O4S. The normalized spacial score (nSPS) is 13.2. The van der Waals surface area contributed by atoms with E-state index in [1.54, 1.807) is 13.0 Å². The number of benzene rings is 3. The van der Waals surface area contributed by atoms with Crippen LogP contribution >= 0.6 is 11.6 Å². The Morgan fingerprint density at radius 3 is 2.09 bits per heavy atom. The minimum absolute atomic E-state index is 0.0723. The van der Waals surface area contributed by atoms with Gasteiger partial charge in [-0.15, -0.1) is 0 Å². The van der Waals surface area contributed by atoms with Gasteiger partial charge in [0.05, 0.1) is 21.2 Å². The van der Waals surface area contributed by atoms with Crippen molar-refractivity contribution < 1.29 is 31.2 Å². The first-order valence-electron chi connectivity index (χ1n) is 13.9. The molecule has 0 radical (unpaired) electrons. The van der Waals surface area contributed by atoms with Crippen molar-refractivity contribution in [2.45, 2.75) is 63.2 Å². The van der Waals surface area contributed by atoms with Crippen LogP contribution in [0.1, 0.15) is 44.7 Å². The van der Waals surface area contributed by atoms with Crippen LogP contribution < -0.4 is 9.62 Å². The molecule has 0 fully saturated rings. The third kappa shape index (κ3) is 8.73. The fraction of sp³-hybridized carbons (Fsp3) is 0.355. The van der Waals surface area contributed by atoms with Crippen molar-refractivity contribution in [1.29, 1.82) is 0 Å². The summed E-state index contributed by atoms with van der Waals surface area (Å²) in [4.78, 5) is 28.4. The summed E-state index contributed by atoms with van der Waals surface area (Å²) in [7, 11) is -4.53. The van der Waals surface area contributed by atoms with Gasteiger partial charge < -0.3 is 10.2 Å². The Morgan fingerprint density at radius 1 is 0.930 bits per heavy atom. The van der Waals surface area contributed by atoms with E-state index < -0.39 is 56.9 Å². The second-order valence-corrected chi connectivity index (χ2v) is 12.3. The first-order valence-corrected chi connectivity index (χ1v) is 15.7. The summed E-state index contributed by atoms with van der Waals surface area (Å²) in [5.41, 5.74) is -0.750. The van der Waals surface area contributed by atoms with Crippen LogP contribution in [0, 0.1) is 0 Å². The highest BCUT2D eigenvalue weighted by molar-refractivity contribution is 7.92. The Balaban J connectivity index is 2.09. The summed E-state index contributed by atoms with van der Waals surface area (Å²) in [5.74, 6) is -1.15. The SMILES string of the molecule is CCC(C)NC(=O)C(CC)N(CCc1ccccc1)C(=O)CN(c1ccc(Cl)c(C(F)(F)F)c1)S(=O)(=O)c1ccccc1. The van der Waals surface area contributed by atoms with E-state index in [2.05, 4.69) is 5.32 Å². The van der Waals surface area contributed by atoms with Crippen LogP contribution in [0.4, 0.5) is 18.9 Å². The topological polar surface area (TPSA) is 86.8 Å². The smallest absolute Gasteiger partial charge is 0.352 e. The minimum atomic E-state index is -4.87. The van der Waals surface area contributed by atoms with Crippen molar-refractivity contribution >= 4 is 39.1 Å². The van der Waals surface area contributed by atoms with Gasteiger partial charge in [0, 0.05) is 12.6 Å². The maximum absolute atomic E-state index is 14.0. The maximum atomic E-state index is 14.0. The molecule has 0 aliphatic heterocycles. The van der Waals surface area contributed by atoms with Gasteiger partial charge in [-0.2, -0.15) is 13.2 Å². The van der Waals surface area contributed by atoms with E-state index in [9.17, 15) is 31.2 Å². The summed E-state index contributed by atoms with van der Waals surface area (Å²) in [5, 5.41) is 2.27. The molecular weight excluding hydrogens is 603 g/mol. The molecule has 2 amide bonds. The average molecular weight is 638 g/mol. The molecule has 0 aliphatic rings. The van der Waals surface area contributed by atoms with Gasteiger partial charge in [-0.25, -0.2) is 8.42 Å². The van der Waals surface area contributed by atoms with Gasteiger partial charge in [0.25, 0.3) is 10.0 Å². The molecule has 2 unspecified atom stereocenters. The number of sulfonamides is 1. The van der Waals surface area contributed by atoms with Crippen molar-refractivity contribution in [3.63, 3.8) is 0 Å². The second kappa shape index (κ2) is 14.7. The van der Waals surface area contributed by atoms with Crippen molar-refractivity contribution in [2.24, 2.45) is 0 Å². The minimum Gasteiger partial charge on any atom is -0.352 e. The van der Waals surface area contributed by atoms with Crippen molar-refractivity contribution in [3.05, 3.63) is 95.0 Å². The lowest BCUT2D eigenvalue weighted by atomic mass is 10.1. The second-order valence-electron chi connectivity index (χ2n) is 10.1. The molecule has 232 valence electrons. The Morgan fingerprint density at radius 2 is 1.53 bits per heavy atom. The molecule has 0 spiro atoms. The van der Waals surface area contributed by atoms with E-state index in [1.807, 2.05) is 44.2 Å². The van der Waals surface area contributed by atoms with Gasteiger partial charge in [0.15, 0.2) is 0 Å². The highest BCUT2D eigenvalue weighted by Gasteiger charge is 2.37. The van der Waals surface area contributed by atoms with Gasteiger partial charge in [0.1, 0.15) is 12.6 Å². The van der Waals surface area contributed by atoms with Gasteiger partial charge in [0.2, 0.25) is 11.8 Å². The predicted octanol–water partition coefficient (Wildman–Crippen LogP) is 6.32. The Kier molecular flexibility index (Phi) is 11.6. The molecule has 3 rings (SSSR count). The van der Waals surface area contributed by atoms with Crippen LogP contribution in [0.3, 0.4) is 0 Å². The number of carbonyl (C=O) groups is 2. The lowest BCUT2D eigenvalue weighted by Crippen LogP contribution is -2.54. The van der Waals surface area contributed by atoms with Crippen LogP contribution in [0.15, 0.2) is 83.8 Å². The summed E-state index contributed by atoms with van der Waals surface area (Å²) >= 11 is 5.81. The molecule has 3 aromatic carbocycles. The molecule has 0 heterocycles. The van der Waals surface area contributed by atoms with Gasteiger partial charge in [-0.3, -0.25) is 13.9 Å². The number of anilines is 1. The summed E-state index contributed by atoms with van der Waals surface area (Å²) in [6.07, 6.45) is -3.62. The number of hydrogen-bond donors (Lipinski definition) is 1. The third-order valence-corrected chi connectivity index (χ3v) is 9.14. The van der Waals surface area contributed by atoms with Crippen LogP contribution in [0.25, 0.3) is 0 Å². The molecule has 0 saturated heterocycles. The zero-order valence-corrected chi connectivity index (χ0v) is 25.7. The summed E-state index contributed by atoms with van der Waals surface area (Å²) < 4.78 is 69.6. The monoisotopic (exact) mass is 637 g/mol. The van der Waals surface area contributed by atoms with E-state index in [0.717, 1.165) is 17.7 Å². The zero-order valence-electron chi connectivity index (χ0n) is 24.1. The van der Waals surface area contributed by atoms with Crippen molar-refractivity contribution in [2.75, 3.05) is 17.4 Å². The maximum Gasteiger partial charge on any atom is 0.417 e. The zero-order chi connectivity index (χ0) is 31.8. The Labute approximate surface area is 255 Å². The number of rotatable bonds is 13. The van der Waals surface area contributed by atoms with Gasteiger partial charge in [-0.1, -0.05) is 74.0 Å². The van der Waals surface area contributed by atoms with E-state index in [4.69, 9.17) is 11.6 Å². The summed E-state index contributed by atoms with van der Waals surface area (Å²) in [6.45, 7) is 4.68. The number of halogens is 4. The molecule has 2 atom stereocenters. The van der Waals surface area contributed by atoms with E-state index in [1.165, 1.54) is 29.2 Å². The first-order chi connectivity index (χ1) is 20.3. The molecule has 0 bridgehead atoms. The number of nitrogens with one attached hydrogen (secondary N) is 1. The van der Waals surface area contributed by atoms with Crippen LogP contribution in [-0.2, 0) is 32.2 Å². The standard InChI is InChI=1S/C31H35ClF3N3O4S/c1-4-22(3)36-30(40)28(5-2)37(19-18-23-12-8-6-9-13-23)29(39)21-38(43(41,42)25-14-10-7-11-15-25)24-16-17-27(32)26(20-24)31(33,34)35/h6-17,20,22,28H,4-5,18-19,21H2,1-3H3,(H,36,40). The molecule has 43 heavy (non-hydrogen) atoms. The van der Waals surface area contributed by atoms with Crippen LogP contribution in [0.5, 0.6) is 0 Å². The van der Waals surface area contributed by atoms with Crippen molar-refractivity contribution in [1.82, 2.24) is 10.2 Å². The lowest BCUT2D eigenvalue weighted by molar-refractivity contribution is -0.139. The largest absolute Gasteiger partial charge is 0.417 e. The number of nitrogens with zero attached hydrogens (tertiary/aromatic N) is 2. The molecule has 0 aromatic heterocycles. The molecule has 12 heteroatoms. The molecule has 0 saturated carbocycles. The fourth-order valence-electron chi connectivity index (χ4n) is 4.47. The van der Waals surface area contributed by atoms with E-state index >= 15 is 0 Å². The van der Waals surface area contributed by atoms with Gasteiger partial charge >= 0.3 is 6.18 Å². The number of carbonyl (C=O) groups excluding carboxylic acids is 2. The first kappa shape index (κ1) is 33.9. The predicted molar refractivity (Wildman–Crippen MR) is 161 cm³/mol. The molecule has 7 nitrogen and oxygen atoms in total. The van der Waals surface area contributed by atoms with Crippen LogP contribution in [0.2, 0.25) is 5.02 Å². The number of hydrogen-bond acceptors (Lipinski definition) is 4. The van der Waals surface area contributed by atoms with Gasteiger partial charge in [-0.05, 0) is 62.1 Å². The van der Waals surface area contributed by atoms with E-state index in [0.29, 0.717) is 23.2 Å². The third-order valence-electron chi connectivity index (χ3n) is 7.02. The Hall–Kier alpha value is -3.57. The highest BCUT2D eigenvalue weighted by Crippen LogP contribution is 2.38. The lowest BCUT2D eigenvalue weighted by Gasteiger charge is -2.34.